The summed E-state index contributed by atoms with van der Waals surface area (Å²) in [6.45, 7) is 0. The first kappa shape index (κ1) is 10.4. The van der Waals surface area contributed by atoms with Gasteiger partial charge in [-0.05, 0) is 35.2 Å². The van der Waals surface area contributed by atoms with Crippen molar-refractivity contribution in [3.8, 4) is 0 Å². The highest BCUT2D eigenvalue weighted by atomic mass is 79.9. The first-order valence-corrected chi connectivity index (χ1v) is 5.52. The number of hydrogen-bond acceptors (Lipinski definition) is 4. The molecule has 1 aromatic heterocycles. The largest absolute Gasteiger partial charge is 0.366 e. The minimum Gasteiger partial charge on any atom is -0.366 e. The minimum absolute atomic E-state index is 0.000958. The minimum atomic E-state index is -0.453. The van der Waals surface area contributed by atoms with E-state index >= 15 is 0 Å². The van der Waals surface area contributed by atoms with Gasteiger partial charge in [0.1, 0.15) is 12.0 Å². The summed E-state index contributed by atoms with van der Waals surface area (Å²) in [4.78, 5) is 14.0. The quantitative estimate of drug-likeness (QED) is 0.678. The Balaban J connectivity index is 2.14. The molecule has 1 N–H and O–H groups in total. The number of nitro groups is 1. The van der Waals surface area contributed by atoms with Crippen LogP contribution in [0.5, 0.6) is 0 Å². The molecule has 1 aliphatic rings. The zero-order valence-electron chi connectivity index (χ0n) is 7.94. The summed E-state index contributed by atoms with van der Waals surface area (Å²) >= 11 is 3.27. The van der Waals surface area contributed by atoms with Crippen molar-refractivity contribution < 1.29 is 4.92 Å². The average molecular weight is 272 g/mol. The van der Waals surface area contributed by atoms with E-state index in [-0.39, 0.29) is 5.69 Å². The lowest BCUT2D eigenvalue weighted by molar-refractivity contribution is -0.385. The van der Waals surface area contributed by atoms with Crippen molar-refractivity contribution in [3.63, 3.8) is 0 Å². The number of nitrogens with zero attached hydrogens (tertiary/aromatic N) is 2. The van der Waals surface area contributed by atoms with E-state index in [0.717, 1.165) is 12.8 Å². The van der Waals surface area contributed by atoms with Crippen LogP contribution in [0.15, 0.2) is 16.7 Å². The summed E-state index contributed by atoms with van der Waals surface area (Å²) in [6.07, 6.45) is 4.80. The standard InChI is InChI=1S/C9H10BrN3O2/c10-8-4-7(13(14)15)5-11-9(8)12-6-2-1-3-6/h4-6H,1-3H2,(H,11,12). The zero-order valence-corrected chi connectivity index (χ0v) is 9.53. The molecule has 0 bridgehead atoms. The Morgan fingerprint density at radius 3 is 2.80 bits per heavy atom. The highest BCUT2D eigenvalue weighted by Gasteiger charge is 2.19. The van der Waals surface area contributed by atoms with Gasteiger partial charge in [-0.1, -0.05) is 0 Å². The average Bonchev–Trinajstić information content (AvgIpc) is 2.12. The van der Waals surface area contributed by atoms with Crippen molar-refractivity contribution in [2.75, 3.05) is 5.32 Å². The lowest BCUT2D eigenvalue weighted by Gasteiger charge is -2.27. The van der Waals surface area contributed by atoms with Crippen LogP contribution < -0.4 is 5.32 Å². The number of anilines is 1. The van der Waals surface area contributed by atoms with E-state index in [0.29, 0.717) is 16.3 Å². The van der Waals surface area contributed by atoms with Crippen LogP contribution in [0, 0.1) is 10.1 Å². The first-order valence-electron chi connectivity index (χ1n) is 4.73. The van der Waals surface area contributed by atoms with Crippen molar-refractivity contribution in [2.24, 2.45) is 0 Å². The Kier molecular flexibility index (Phi) is 2.86. The van der Waals surface area contributed by atoms with Crippen LogP contribution in [0.2, 0.25) is 0 Å². The smallest absolute Gasteiger partial charge is 0.288 e. The van der Waals surface area contributed by atoms with Gasteiger partial charge in [0.25, 0.3) is 5.69 Å². The Morgan fingerprint density at radius 2 is 2.33 bits per heavy atom. The van der Waals surface area contributed by atoms with E-state index in [4.69, 9.17) is 0 Å². The van der Waals surface area contributed by atoms with Gasteiger partial charge in [0.2, 0.25) is 0 Å². The van der Waals surface area contributed by atoms with Crippen LogP contribution in [0.3, 0.4) is 0 Å². The van der Waals surface area contributed by atoms with Crippen molar-refractivity contribution in [2.45, 2.75) is 25.3 Å². The molecule has 0 spiro atoms. The van der Waals surface area contributed by atoms with Gasteiger partial charge in [0.15, 0.2) is 0 Å². The molecule has 0 aliphatic heterocycles. The summed E-state index contributed by atoms with van der Waals surface area (Å²) < 4.78 is 0.642. The van der Waals surface area contributed by atoms with Gasteiger partial charge in [-0.2, -0.15) is 0 Å². The molecule has 1 saturated carbocycles. The fourth-order valence-corrected chi connectivity index (χ4v) is 1.83. The lowest BCUT2D eigenvalue weighted by atomic mass is 9.93. The van der Waals surface area contributed by atoms with Crippen molar-refractivity contribution in [3.05, 3.63) is 26.9 Å². The van der Waals surface area contributed by atoms with Crippen LogP contribution in [-0.4, -0.2) is 15.9 Å². The highest BCUT2D eigenvalue weighted by Crippen LogP contribution is 2.28. The number of pyridine rings is 1. The summed E-state index contributed by atoms with van der Waals surface area (Å²) in [5.41, 5.74) is 0.000958. The number of halogens is 1. The van der Waals surface area contributed by atoms with Gasteiger partial charge in [0.05, 0.1) is 9.40 Å². The van der Waals surface area contributed by atoms with E-state index in [1.165, 1.54) is 18.7 Å². The molecule has 6 heteroatoms. The molecule has 5 nitrogen and oxygen atoms in total. The van der Waals surface area contributed by atoms with Gasteiger partial charge in [0, 0.05) is 12.1 Å². The Morgan fingerprint density at radius 1 is 1.60 bits per heavy atom. The summed E-state index contributed by atoms with van der Waals surface area (Å²) in [5.74, 6) is 0.685. The van der Waals surface area contributed by atoms with Gasteiger partial charge in [-0.3, -0.25) is 10.1 Å². The van der Waals surface area contributed by atoms with Crippen LogP contribution in [0.1, 0.15) is 19.3 Å². The van der Waals surface area contributed by atoms with Gasteiger partial charge >= 0.3 is 0 Å². The maximum Gasteiger partial charge on any atom is 0.288 e. The topological polar surface area (TPSA) is 68.1 Å². The monoisotopic (exact) mass is 271 g/mol. The molecule has 0 radical (unpaired) electrons. The van der Waals surface area contributed by atoms with Gasteiger partial charge < -0.3 is 5.32 Å². The van der Waals surface area contributed by atoms with E-state index < -0.39 is 4.92 Å². The molecule has 0 atom stereocenters. The maximum atomic E-state index is 10.5. The fraction of sp³-hybridized carbons (Fsp3) is 0.444. The van der Waals surface area contributed by atoms with Crippen molar-refractivity contribution in [1.82, 2.24) is 4.98 Å². The molecule has 0 amide bonds. The molecule has 2 rings (SSSR count). The van der Waals surface area contributed by atoms with Crippen molar-refractivity contribution in [1.29, 1.82) is 0 Å². The normalized spacial score (nSPS) is 15.8. The van der Waals surface area contributed by atoms with Crippen LogP contribution in [0.25, 0.3) is 0 Å². The van der Waals surface area contributed by atoms with E-state index in [1.54, 1.807) is 0 Å². The number of nitrogens with one attached hydrogen (secondary N) is 1. The molecule has 1 aromatic rings. The highest BCUT2D eigenvalue weighted by molar-refractivity contribution is 9.10. The second kappa shape index (κ2) is 4.14. The fourth-order valence-electron chi connectivity index (χ4n) is 1.38. The third-order valence-corrected chi connectivity index (χ3v) is 3.09. The summed E-state index contributed by atoms with van der Waals surface area (Å²) in [5, 5.41) is 13.7. The molecule has 1 heterocycles. The second-order valence-corrected chi connectivity index (χ2v) is 4.41. The van der Waals surface area contributed by atoms with Gasteiger partial charge in [-0.25, -0.2) is 4.98 Å². The van der Waals surface area contributed by atoms with E-state index in [2.05, 4.69) is 26.2 Å². The van der Waals surface area contributed by atoms with Crippen LogP contribution in [-0.2, 0) is 0 Å². The SMILES string of the molecule is O=[N+]([O-])c1cnc(NC2CCC2)c(Br)c1. The molecular weight excluding hydrogens is 262 g/mol. The summed E-state index contributed by atoms with van der Waals surface area (Å²) in [6, 6.07) is 1.93. The molecule has 0 saturated heterocycles. The lowest BCUT2D eigenvalue weighted by Crippen LogP contribution is -2.27. The summed E-state index contributed by atoms with van der Waals surface area (Å²) in [7, 11) is 0. The molecular formula is C9H10BrN3O2. The van der Waals surface area contributed by atoms with E-state index in [1.807, 2.05) is 0 Å². The van der Waals surface area contributed by atoms with Crippen LogP contribution >= 0.6 is 15.9 Å². The predicted molar refractivity (Wildman–Crippen MR) is 59.9 cm³/mol. The molecule has 80 valence electrons. The Labute approximate surface area is 95.2 Å². The molecule has 1 fully saturated rings. The number of hydrogen-bond donors (Lipinski definition) is 1. The molecule has 0 unspecified atom stereocenters. The van der Waals surface area contributed by atoms with Crippen molar-refractivity contribution >= 4 is 27.4 Å². The van der Waals surface area contributed by atoms with Crippen LogP contribution in [0.4, 0.5) is 11.5 Å². The Hall–Kier alpha value is -1.17. The third kappa shape index (κ3) is 2.26. The third-order valence-electron chi connectivity index (χ3n) is 2.48. The molecule has 15 heavy (non-hydrogen) atoms. The first-order chi connectivity index (χ1) is 7.16. The Bertz CT molecular complexity index is 393. The molecule has 1 aliphatic carbocycles. The second-order valence-electron chi connectivity index (χ2n) is 3.55. The zero-order chi connectivity index (χ0) is 10.8. The number of rotatable bonds is 3. The maximum absolute atomic E-state index is 10.5. The van der Waals surface area contributed by atoms with E-state index in [9.17, 15) is 10.1 Å². The predicted octanol–water partition coefficient (Wildman–Crippen LogP) is 2.72. The number of aromatic nitrogens is 1. The molecule has 0 aromatic carbocycles. The van der Waals surface area contributed by atoms with Gasteiger partial charge in [-0.15, -0.1) is 0 Å².